The normalized spacial score (nSPS) is 11.2. The lowest BCUT2D eigenvalue weighted by Crippen LogP contribution is -1.96. The first-order valence-corrected chi connectivity index (χ1v) is 8.68. The quantitative estimate of drug-likeness (QED) is 0.552. The van der Waals surface area contributed by atoms with E-state index >= 15 is 0 Å². The fourth-order valence-electron chi connectivity index (χ4n) is 3.05. The van der Waals surface area contributed by atoms with Crippen LogP contribution in [0.2, 0.25) is 0 Å². The Morgan fingerprint density at radius 2 is 1.48 bits per heavy atom. The molecule has 0 radical (unpaired) electrons. The molecule has 0 bridgehead atoms. The van der Waals surface area contributed by atoms with Gasteiger partial charge < -0.3 is 0 Å². The number of hydrogen-bond donors (Lipinski definition) is 0. The molecule has 2 aromatic rings. The molecule has 1 aromatic heterocycles. The summed E-state index contributed by atoms with van der Waals surface area (Å²) in [4.78, 5) is 4.78. The molecular weight excluding hydrogens is 254 g/mol. The van der Waals surface area contributed by atoms with Gasteiger partial charge >= 0.3 is 0 Å². The predicted octanol–water partition coefficient (Wildman–Crippen LogP) is 5.87. The van der Waals surface area contributed by atoms with Crippen molar-refractivity contribution in [2.75, 3.05) is 0 Å². The standard InChI is InChI=1S/C20H29N/c1-4-7-8-11-18-12-16(9-5-2)13-19-14-17(10-6-3)15-21-20(18)19/h12-15H,4-11H2,1-3H3. The fourth-order valence-corrected chi connectivity index (χ4v) is 3.05. The largest absolute Gasteiger partial charge is 0.256 e. The molecule has 1 aromatic carbocycles. The second-order valence-electron chi connectivity index (χ2n) is 6.13. The Kier molecular flexibility index (Phi) is 6.22. The van der Waals surface area contributed by atoms with Crippen molar-refractivity contribution in [1.29, 1.82) is 0 Å². The van der Waals surface area contributed by atoms with Crippen molar-refractivity contribution in [2.45, 2.75) is 72.1 Å². The van der Waals surface area contributed by atoms with Gasteiger partial charge in [0.1, 0.15) is 0 Å². The smallest absolute Gasteiger partial charge is 0.0734 e. The Balaban J connectivity index is 2.38. The average molecular weight is 283 g/mol. The first kappa shape index (κ1) is 16.0. The summed E-state index contributed by atoms with van der Waals surface area (Å²) in [6.07, 6.45) is 11.8. The SMILES string of the molecule is CCCCCc1cc(CCC)cc2cc(CCC)cnc12. The third-order valence-corrected chi connectivity index (χ3v) is 4.11. The zero-order valence-corrected chi connectivity index (χ0v) is 13.9. The van der Waals surface area contributed by atoms with Crippen LogP contribution in [0.4, 0.5) is 0 Å². The summed E-state index contributed by atoms with van der Waals surface area (Å²) < 4.78 is 0. The van der Waals surface area contributed by atoms with Gasteiger partial charge in [0.05, 0.1) is 5.52 Å². The lowest BCUT2D eigenvalue weighted by molar-refractivity contribution is 0.718. The van der Waals surface area contributed by atoms with Crippen LogP contribution in [0.15, 0.2) is 24.4 Å². The summed E-state index contributed by atoms with van der Waals surface area (Å²) >= 11 is 0. The van der Waals surface area contributed by atoms with E-state index in [1.165, 1.54) is 72.5 Å². The van der Waals surface area contributed by atoms with E-state index in [9.17, 15) is 0 Å². The van der Waals surface area contributed by atoms with E-state index in [-0.39, 0.29) is 0 Å². The van der Waals surface area contributed by atoms with Crippen LogP contribution in [0.1, 0.15) is 69.6 Å². The number of aryl methyl sites for hydroxylation is 3. The van der Waals surface area contributed by atoms with Crippen LogP contribution in [-0.4, -0.2) is 4.98 Å². The van der Waals surface area contributed by atoms with Gasteiger partial charge in [-0.05, 0) is 54.5 Å². The van der Waals surface area contributed by atoms with Gasteiger partial charge in [0.25, 0.3) is 0 Å². The highest BCUT2D eigenvalue weighted by Gasteiger charge is 2.07. The number of nitrogens with zero attached hydrogens (tertiary/aromatic N) is 1. The lowest BCUT2D eigenvalue weighted by atomic mass is 9.97. The van der Waals surface area contributed by atoms with Gasteiger partial charge in [0, 0.05) is 11.6 Å². The van der Waals surface area contributed by atoms with Crippen LogP contribution in [0.25, 0.3) is 10.9 Å². The molecule has 0 atom stereocenters. The van der Waals surface area contributed by atoms with Gasteiger partial charge in [0.2, 0.25) is 0 Å². The molecule has 0 unspecified atom stereocenters. The number of fused-ring (bicyclic) bond motifs is 1. The summed E-state index contributed by atoms with van der Waals surface area (Å²) in [5, 5.41) is 1.35. The summed E-state index contributed by atoms with van der Waals surface area (Å²) in [5.74, 6) is 0. The van der Waals surface area contributed by atoms with Crippen molar-refractivity contribution in [3.8, 4) is 0 Å². The second-order valence-corrected chi connectivity index (χ2v) is 6.13. The van der Waals surface area contributed by atoms with Crippen molar-refractivity contribution in [3.05, 3.63) is 41.1 Å². The topological polar surface area (TPSA) is 12.9 Å². The Morgan fingerprint density at radius 1 is 0.762 bits per heavy atom. The molecule has 0 N–H and O–H groups in total. The number of aromatic nitrogens is 1. The first-order chi connectivity index (χ1) is 10.3. The Hall–Kier alpha value is -1.37. The van der Waals surface area contributed by atoms with Crippen LogP contribution >= 0.6 is 0 Å². The Bertz CT molecular complexity index is 566. The molecule has 0 amide bonds. The highest BCUT2D eigenvalue weighted by molar-refractivity contribution is 5.83. The highest BCUT2D eigenvalue weighted by atomic mass is 14.7. The van der Waals surface area contributed by atoms with Crippen molar-refractivity contribution in [2.24, 2.45) is 0 Å². The van der Waals surface area contributed by atoms with Crippen LogP contribution < -0.4 is 0 Å². The molecule has 1 heteroatoms. The minimum atomic E-state index is 1.13. The average Bonchev–Trinajstić information content (AvgIpc) is 2.48. The maximum Gasteiger partial charge on any atom is 0.0734 e. The first-order valence-electron chi connectivity index (χ1n) is 8.68. The molecule has 1 heterocycles. The molecule has 0 spiro atoms. The molecule has 0 aliphatic rings. The minimum absolute atomic E-state index is 1.13. The van der Waals surface area contributed by atoms with Crippen molar-refractivity contribution in [1.82, 2.24) is 4.98 Å². The molecule has 2 rings (SSSR count). The van der Waals surface area contributed by atoms with E-state index in [2.05, 4.69) is 45.2 Å². The van der Waals surface area contributed by atoms with Gasteiger partial charge in [-0.1, -0.05) is 52.5 Å². The Labute approximate surface area is 129 Å². The van der Waals surface area contributed by atoms with E-state index in [1.807, 2.05) is 0 Å². The van der Waals surface area contributed by atoms with Crippen LogP contribution in [-0.2, 0) is 19.3 Å². The van der Waals surface area contributed by atoms with Crippen LogP contribution in [0.3, 0.4) is 0 Å². The summed E-state index contributed by atoms with van der Waals surface area (Å²) in [7, 11) is 0. The number of benzene rings is 1. The van der Waals surface area contributed by atoms with Gasteiger partial charge in [-0.3, -0.25) is 4.98 Å². The van der Waals surface area contributed by atoms with E-state index in [0.717, 1.165) is 6.42 Å². The van der Waals surface area contributed by atoms with Crippen molar-refractivity contribution < 1.29 is 0 Å². The zero-order chi connectivity index (χ0) is 15.1. The predicted molar refractivity (Wildman–Crippen MR) is 93.0 cm³/mol. The minimum Gasteiger partial charge on any atom is -0.256 e. The Morgan fingerprint density at radius 3 is 2.19 bits per heavy atom. The number of pyridine rings is 1. The van der Waals surface area contributed by atoms with Crippen molar-refractivity contribution in [3.63, 3.8) is 0 Å². The molecule has 0 saturated carbocycles. The third kappa shape index (κ3) is 4.30. The molecule has 0 saturated heterocycles. The van der Waals surface area contributed by atoms with Gasteiger partial charge in [-0.15, -0.1) is 0 Å². The third-order valence-electron chi connectivity index (χ3n) is 4.11. The van der Waals surface area contributed by atoms with Crippen molar-refractivity contribution >= 4 is 10.9 Å². The van der Waals surface area contributed by atoms with E-state index in [1.54, 1.807) is 0 Å². The number of unbranched alkanes of at least 4 members (excludes halogenated alkanes) is 2. The maximum atomic E-state index is 4.78. The van der Waals surface area contributed by atoms with E-state index < -0.39 is 0 Å². The summed E-state index contributed by atoms with van der Waals surface area (Å²) in [5.41, 5.74) is 5.53. The maximum absolute atomic E-state index is 4.78. The fraction of sp³-hybridized carbons (Fsp3) is 0.550. The number of rotatable bonds is 8. The van der Waals surface area contributed by atoms with E-state index in [4.69, 9.17) is 4.98 Å². The lowest BCUT2D eigenvalue weighted by Gasteiger charge is -2.11. The molecule has 0 aliphatic carbocycles. The summed E-state index contributed by atoms with van der Waals surface area (Å²) in [6, 6.07) is 7.11. The summed E-state index contributed by atoms with van der Waals surface area (Å²) in [6.45, 7) is 6.75. The molecule has 114 valence electrons. The zero-order valence-electron chi connectivity index (χ0n) is 13.9. The second kappa shape index (κ2) is 8.17. The van der Waals surface area contributed by atoms with Gasteiger partial charge in [0.15, 0.2) is 0 Å². The molecule has 21 heavy (non-hydrogen) atoms. The molecular formula is C20H29N. The van der Waals surface area contributed by atoms with Crippen LogP contribution in [0.5, 0.6) is 0 Å². The molecule has 0 fully saturated rings. The number of hydrogen-bond acceptors (Lipinski definition) is 1. The van der Waals surface area contributed by atoms with Crippen LogP contribution in [0, 0.1) is 0 Å². The molecule has 1 nitrogen and oxygen atoms in total. The van der Waals surface area contributed by atoms with E-state index in [0.29, 0.717) is 0 Å². The van der Waals surface area contributed by atoms with Gasteiger partial charge in [-0.2, -0.15) is 0 Å². The van der Waals surface area contributed by atoms with Gasteiger partial charge in [-0.25, -0.2) is 0 Å². The monoisotopic (exact) mass is 283 g/mol. The highest BCUT2D eigenvalue weighted by Crippen LogP contribution is 2.23. The molecule has 0 aliphatic heterocycles.